The first-order valence-corrected chi connectivity index (χ1v) is 12.9. The monoisotopic (exact) mass is 496 g/mol. The van der Waals surface area contributed by atoms with E-state index in [1.54, 1.807) is 21.3 Å². The number of carbonyl (C=O) groups excluding carboxylic acids is 2. The van der Waals surface area contributed by atoms with Gasteiger partial charge in [0.25, 0.3) is 0 Å². The number of amides is 2. The van der Waals surface area contributed by atoms with Crippen LogP contribution >= 0.6 is 0 Å². The summed E-state index contributed by atoms with van der Waals surface area (Å²) >= 11 is 0. The van der Waals surface area contributed by atoms with E-state index in [9.17, 15) is 9.59 Å². The number of primary amides is 1. The van der Waals surface area contributed by atoms with E-state index >= 15 is 0 Å². The van der Waals surface area contributed by atoms with Crippen molar-refractivity contribution < 1.29 is 19.1 Å². The zero-order chi connectivity index (χ0) is 26.9. The van der Waals surface area contributed by atoms with Gasteiger partial charge in [0.05, 0.1) is 20.1 Å². The number of ether oxygens (including phenoxy) is 2. The average Bonchev–Trinajstić information content (AvgIpc) is 2.85. The highest BCUT2D eigenvalue weighted by Crippen LogP contribution is 2.45. The second-order valence-corrected chi connectivity index (χ2v) is 10.4. The number of methoxy groups -OCH3 is 2. The predicted octanol–water partition coefficient (Wildman–Crippen LogP) is 5.61. The summed E-state index contributed by atoms with van der Waals surface area (Å²) in [6.45, 7) is 8.61. The summed E-state index contributed by atoms with van der Waals surface area (Å²) < 4.78 is 11.2. The number of nitrogens with one attached hydrogen (secondary N) is 1. The molecule has 0 fully saturated rings. The van der Waals surface area contributed by atoms with E-state index in [-0.39, 0.29) is 23.1 Å². The Bertz CT molecular complexity index is 1030. The molecule has 0 spiro atoms. The Morgan fingerprint density at radius 3 is 2.28 bits per heavy atom. The summed E-state index contributed by atoms with van der Waals surface area (Å²) in [6, 6.07) is 12.0. The lowest BCUT2D eigenvalue weighted by Gasteiger charge is -2.32. The molecule has 2 aromatic carbocycles. The van der Waals surface area contributed by atoms with Crippen LogP contribution in [0.5, 0.6) is 11.5 Å². The highest BCUT2D eigenvalue weighted by Gasteiger charge is 2.35. The van der Waals surface area contributed by atoms with Crippen LogP contribution in [0.3, 0.4) is 0 Å². The van der Waals surface area contributed by atoms with Gasteiger partial charge in [-0.2, -0.15) is 0 Å². The molecule has 0 heterocycles. The molecule has 6 nitrogen and oxygen atoms in total. The summed E-state index contributed by atoms with van der Waals surface area (Å²) in [7, 11) is 4.91. The van der Waals surface area contributed by atoms with Gasteiger partial charge in [-0.15, -0.1) is 0 Å². The molecule has 2 amide bonds. The molecule has 198 valence electrons. The quantitative estimate of drug-likeness (QED) is 0.353. The predicted molar refractivity (Wildman–Crippen MR) is 146 cm³/mol. The third-order valence-electron chi connectivity index (χ3n) is 6.85. The molecule has 0 aliphatic rings. The Hall–Kier alpha value is -3.02. The Labute approximate surface area is 216 Å². The van der Waals surface area contributed by atoms with Crippen molar-refractivity contribution in [1.82, 2.24) is 5.32 Å². The van der Waals surface area contributed by atoms with Gasteiger partial charge < -0.3 is 20.5 Å². The Morgan fingerprint density at radius 2 is 1.72 bits per heavy atom. The minimum Gasteiger partial charge on any atom is -0.497 e. The number of benzene rings is 2. The number of hydrogen-bond donors (Lipinski definition) is 2. The van der Waals surface area contributed by atoms with Crippen molar-refractivity contribution in [2.75, 3.05) is 21.3 Å². The fourth-order valence-electron chi connectivity index (χ4n) is 4.90. The number of unbranched alkanes of at least 4 members (excludes halogenated alkanes) is 2. The van der Waals surface area contributed by atoms with Crippen LogP contribution in [0.4, 0.5) is 0 Å². The molecular formula is C30H44N2O4. The number of hydrogen-bond acceptors (Lipinski definition) is 4. The second-order valence-electron chi connectivity index (χ2n) is 10.4. The summed E-state index contributed by atoms with van der Waals surface area (Å²) in [5.41, 5.74) is 9.99. The van der Waals surface area contributed by atoms with Crippen molar-refractivity contribution in [3.63, 3.8) is 0 Å². The normalized spacial score (nSPS) is 13.1. The second kappa shape index (κ2) is 13.3. The van der Waals surface area contributed by atoms with Crippen LogP contribution in [-0.2, 0) is 21.4 Å². The van der Waals surface area contributed by atoms with Crippen molar-refractivity contribution in [3.8, 4) is 11.5 Å². The molecule has 36 heavy (non-hydrogen) atoms. The van der Waals surface area contributed by atoms with E-state index in [1.165, 1.54) is 0 Å². The van der Waals surface area contributed by atoms with Gasteiger partial charge in [-0.1, -0.05) is 71.2 Å². The number of carbonyl (C=O) groups is 2. The van der Waals surface area contributed by atoms with E-state index in [2.05, 4.69) is 51.2 Å². The van der Waals surface area contributed by atoms with Gasteiger partial charge in [0.15, 0.2) is 0 Å². The van der Waals surface area contributed by atoms with Gasteiger partial charge in [-0.3, -0.25) is 9.59 Å². The van der Waals surface area contributed by atoms with E-state index in [0.29, 0.717) is 24.3 Å². The third-order valence-corrected chi connectivity index (χ3v) is 6.85. The van der Waals surface area contributed by atoms with Gasteiger partial charge in [-0.25, -0.2) is 0 Å². The molecule has 0 radical (unpaired) electrons. The first kappa shape index (κ1) is 29.2. The van der Waals surface area contributed by atoms with Crippen molar-refractivity contribution in [2.45, 2.75) is 83.5 Å². The minimum atomic E-state index is -0.543. The highest BCUT2D eigenvalue weighted by molar-refractivity contribution is 5.84. The lowest BCUT2D eigenvalue weighted by molar-refractivity contribution is -0.121. The molecule has 0 aromatic heterocycles. The van der Waals surface area contributed by atoms with E-state index in [1.807, 2.05) is 18.2 Å². The molecule has 0 aliphatic carbocycles. The number of aryl methyl sites for hydroxylation is 1. The van der Waals surface area contributed by atoms with E-state index in [4.69, 9.17) is 15.2 Å². The molecule has 2 unspecified atom stereocenters. The zero-order valence-corrected chi connectivity index (χ0v) is 23.1. The fraction of sp³-hybridized carbons (Fsp3) is 0.533. The summed E-state index contributed by atoms with van der Waals surface area (Å²) in [4.78, 5) is 25.2. The lowest BCUT2D eigenvalue weighted by atomic mass is 9.72. The number of rotatable bonds is 13. The molecule has 2 aromatic rings. The molecule has 0 saturated carbocycles. The highest BCUT2D eigenvalue weighted by atomic mass is 16.5. The fourth-order valence-corrected chi connectivity index (χ4v) is 4.90. The van der Waals surface area contributed by atoms with E-state index < -0.39 is 5.92 Å². The minimum absolute atomic E-state index is 0.0108. The van der Waals surface area contributed by atoms with Crippen LogP contribution in [-0.4, -0.2) is 33.1 Å². The molecule has 0 aliphatic heterocycles. The maximum absolute atomic E-state index is 13.3. The van der Waals surface area contributed by atoms with Crippen LogP contribution < -0.4 is 20.5 Å². The Balaban J connectivity index is 2.71. The zero-order valence-electron chi connectivity index (χ0n) is 23.1. The van der Waals surface area contributed by atoms with Gasteiger partial charge in [-0.05, 0) is 46.6 Å². The topological polar surface area (TPSA) is 90.7 Å². The number of nitrogens with two attached hydrogens (primary N) is 1. The van der Waals surface area contributed by atoms with Gasteiger partial charge in [0, 0.05) is 25.5 Å². The molecule has 0 saturated heterocycles. The van der Waals surface area contributed by atoms with E-state index in [0.717, 1.165) is 47.9 Å². The SMILES string of the molecule is CCCCCC(c1ccc(OC)cc1OC)C(C(N)=O)c1cc(CCC(=O)NC)ccc1C(C)(C)C. The Morgan fingerprint density at radius 1 is 1.00 bits per heavy atom. The molecule has 6 heteroatoms. The van der Waals surface area contributed by atoms with Crippen molar-refractivity contribution in [3.05, 3.63) is 58.7 Å². The first-order valence-electron chi connectivity index (χ1n) is 12.9. The Kier molecular flexibility index (Phi) is 10.8. The first-order chi connectivity index (χ1) is 17.1. The summed E-state index contributed by atoms with van der Waals surface area (Å²) in [6.07, 6.45) is 4.90. The molecule has 2 atom stereocenters. The van der Waals surface area contributed by atoms with Crippen LogP contribution in [0.2, 0.25) is 0 Å². The maximum atomic E-state index is 13.3. The van der Waals surface area contributed by atoms with Gasteiger partial charge in [0.1, 0.15) is 11.5 Å². The van der Waals surface area contributed by atoms with Gasteiger partial charge in [0.2, 0.25) is 11.8 Å². The van der Waals surface area contributed by atoms with Crippen LogP contribution in [0.15, 0.2) is 36.4 Å². The van der Waals surface area contributed by atoms with Crippen molar-refractivity contribution in [1.29, 1.82) is 0 Å². The smallest absolute Gasteiger partial charge is 0.225 e. The third kappa shape index (κ3) is 7.49. The maximum Gasteiger partial charge on any atom is 0.225 e. The molecule has 2 rings (SSSR count). The lowest BCUT2D eigenvalue weighted by Crippen LogP contribution is -2.30. The molecule has 3 N–H and O–H groups in total. The largest absolute Gasteiger partial charge is 0.497 e. The van der Waals surface area contributed by atoms with Gasteiger partial charge >= 0.3 is 0 Å². The summed E-state index contributed by atoms with van der Waals surface area (Å²) in [5.74, 6) is 0.315. The standard InChI is InChI=1S/C30H44N2O4/c1-8-9-10-11-23(22-15-14-21(35-6)19-26(22)36-7)28(29(31)34)24-18-20(13-17-27(33)32-5)12-16-25(24)30(2,3)4/h12,14-16,18-19,23,28H,8-11,13,17H2,1-7H3,(H2,31,34)(H,32,33). The summed E-state index contributed by atoms with van der Waals surface area (Å²) in [5, 5.41) is 2.68. The van der Waals surface area contributed by atoms with Crippen molar-refractivity contribution >= 4 is 11.8 Å². The molecular weight excluding hydrogens is 452 g/mol. The van der Waals surface area contributed by atoms with Crippen LogP contribution in [0.25, 0.3) is 0 Å². The van der Waals surface area contributed by atoms with Crippen LogP contribution in [0, 0.1) is 0 Å². The van der Waals surface area contributed by atoms with Crippen LogP contribution in [0.1, 0.15) is 93.9 Å². The molecule has 0 bridgehead atoms. The average molecular weight is 497 g/mol. The van der Waals surface area contributed by atoms with Crippen molar-refractivity contribution in [2.24, 2.45) is 5.73 Å².